The molecule has 1 aromatic rings. The zero-order valence-electron chi connectivity index (χ0n) is 11.8. The van der Waals surface area contributed by atoms with Crippen molar-refractivity contribution in [3.05, 3.63) is 11.7 Å². The molecule has 0 aliphatic carbocycles. The Hall–Kier alpha value is -1.43. The summed E-state index contributed by atoms with van der Waals surface area (Å²) in [5.74, 6) is 1.36. The Morgan fingerprint density at radius 2 is 2.37 bits per heavy atom. The number of aromatic nitrogens is 2. The topological polar surface area (TPSA) is 68.5 Å². The van der Waals surface area contributed by atoms with E-state index in [1.165, 1.54) is 0 Å². The lowest BCUT2D eigenvalue weighted by Gasteiger charge is -2.20. The van der Waals surface area contributed by atoms with Crippen molar-refractivity contribution in [2.75, 3.05) is 13.2 Å². The molecule has 2 heterocycles. The predicted molar refractivity (Wildman–Crippen MR) is 68.5 cm³/mol. The molecular formula is C13H21N3O3. The Balaban J connectivity index is 1.98. The molecule has 0 radical (unpaired) electrons. The van der Waals surface area contributed by atoms with E-state index in [1.807, 2.05) is 20.8 Å². The van der Waals surface area contributed by atoms with Gasteiger partial charge in [0.2, 0.25) is 5.89 Å². The van der Waals surface area contributed by atoms with Gasteiger partial charge in [0, 0.05) is 5.92 Å². The molecule has 106 valence electrons. The van der Waals surface area contributed by atoms with Crippen molar-refractivity contribution in [2.24, 2.45) is 0 Å². The molecular weight excluding hydrogens is 246 g/mol. The highest BCUT2D eigenvalue weighted by molar-refractivity contribution is 5.76. The Morgan fingerprint density at radius 1 is 1.58 bits per heavy atom. The van der Waals surface area contributed by atoms with Crippen LogP contribution in [0.15, 0.2) is 4.52 Å². The van der Waals surface area contributed by atoms with Gasteiger partial charge in [-0.25, -0.2) is 0 Å². The van der Waals surface area contributed by atoms with Crippen LogP contribution in [0.5, 0.6) is 0 Å². The zero-order chi connectivity index (χ0) is 13.8. The summed E-state index contributed by atoms with van der Waals surface area (Å²) >= 11 is 0. The third-order valence-corrected chi connectivity index (χ3v) is 3.24. The predicted octanol–water partition coefficient (Wildman–Crippen LogP) is 1.72. The number of carbonyl (C=O) groups is 1. The van der Waals surface area contributed by atoms with Crippen LogP contribution < -0.4 is 0 Å². The molecule has 0 saturated carbocycles. The fraction of sp³-hybridized carbons (Fsp3) is 0.769. The lowest BCUT2D eigenvalue weighted by molar-refractivity contribution is -0.148. The summed E-state index contributed by atoms with van der Waals surface area (Å²) in [6, 6.07) is -0.166. The zero-order valence-corrected chi connectivity index (χ0v) is 11.8. The normalized spacial score (nSPS) is 20.1. The highest BCUT2D eigenvalue weighted by Gasteiger charge is 2.32. The highest BCUT2D eigenvalue weighted by atomic mass is 16.5. The van der Waals surface area contributed by atoms with Gasteiger partial charge in [-0.15, -0.1) is 0 Å². The van der Waals surface area contributed by atoms with Crippen molar-refractivity contribution < 1.29 is 14.1 Å². The van der Waals surface area contributed by atoms with E-state index in [9.17, 15) is 4.79 Å². The number of hydrogen-bond acceptors (Lipinski definition) is 6. The minimum atomic E-state index is -0.166. The van der Waals surface area contributed by atoms with Crippen molar-refractivity contribution in [1.82, 2.24) is 15.0 Å². The van der Waals surface area contributed by atoms with Crippen LogP contribution in [0.3, 0.4) is 0 Å². The fourth-order valence-electron chi connectivity index (χ4n) is 2.27. The molecule has 19 heavy (non-hydrogen) atoms. The summed E-state index contributed by atoms with van der Waals surface area (Å²) in [6.45, 7) is 7.67. The first-order chi connectivity index (χ1) is 9.11. The molecule has 1 atom stereocenters. The number of nitrogens with zero attached hydrogens (tertiary/aromatic N) is 3. The third kappa shape index (κ3) is 3.32. The summed E-state index contributed by atoms with van der Waals surface area (Å²) in [7, 11) is 0. The van der Waals surface area contributed by atoms with Crippen molar-refractivity contribution in [3.8, 4) is 0 Å². The van der Waals surface area contributed by atoms with E-state index in [-0.39, 0.29) is 17.9 Å². The third-order valence-electron chi connectivity index (χ3n) is 3.24. The van der Waals surface area contributed by atoms with Gasteiger partial charge in [-0.1, -0.05) is 19.0 Å². The van der Waals surface area contributed by atoms with Gasteiger partial charge in [0.15, 0.2) is 5.82 Å². The summed E-state index contributed by atoms with van der Waals surface area (Å²) in [5, 5.41) is 3.96. The highest BCUT2D eigenvalue weighted by Crippen LogP contribution is 2.21. The molecule has 0 aromatic carbocycles. The number of esters is 1. The van der Waals surface area contributed by atoms with Crippen molar-refractivity contribution >= 4 is 5.97 Å². The Morgan fingerprint density at radius 3 is 3.00 bits per heavy atom. The van der Waals surface area contributed by atoms with Crippen LogP contribution in [0, 0.1) is 0 Å². The van der Waals surface area contributed by atoms with E-state index >= 15 is 0 Å². The Labute approximate surface area is 113 Å². The maximum Gasteiger partial charge on any atom is 0.323 e. The lowest BCUT2D eigenvalue weighted by atomic mass is 10.2. The van der Waals surface area contributed by atoms with Gasteiger partial charge in [-0.3, -0.25) is 9.69 Å². The van der Waals surface area contributed by atoms with Gasteiger partial charge < -0.3 is 9.26 Å². The molecule has 1 aliphatic rings. The number of carbonyl (C=O) groups excluding carboxylic acids is 1. The first-order valence-electron chi connectivity index (χ1n) is 6.85. The van der Waals surface area contributed by atoms with E-state index in [4.69, 9.17) is 9.26 Å². The number of ether oxygens (including phenoxy) is 1. The fourth-order valence-corrected chi connectivity index (χ4v) is 2.27. The van der Waals surface area contributed by atoms with Crippen molar-refractivity contribution in [3.63, 3.8) is 0 Å². The van der Waals surface area contributed by atoms with E-state index in [1.54, 1.807) is 0 Å². The minimum Gasteiger partial charge on any atom is -0.465 e. The average molecular weight is 267 g/mol. The minimum absolute atomic E-state index is 0.146. The van der Waals surface area contributed by atoms with Gasteiger partial charge >= 0.3 is 5.97 Å². The van der Waals surface area contributed by atoms with Gasteiger partial charge in [0.05, 0.1) is 13.2 Å². The quantitative estimate of drug-likeness (QED) is 0.757. The lowest BCUT2D eigenvalue weighted by Crippen LogP contribution is -2.37. The van der Waals surface area contributed by atoms with Gasteiger partial charge in [0.1, 0.15) is 6.04 Å². The molecule has 6 nitrogen and oxygen atoms in total. The Kier molecular flexibility index (Phi) is 4.52. The van der Waals surface area contributed by atoms with E-state index in [0.29, 0.717) is 24.9 Å². The first-order valence-corrected chi connectivity index (χ1v) is 6.85. The maximum absolute atomic E-state index is 11.8. The summed E-state index contributed by atoms with van der Waals surface area (Å²) in [4.78, 5) is 18.2. The molecule has 0 bridgehead atoms. The van der Waals surface area contributed by atoms with Crippen LogP contribution in [-0.4, -0.2) is 40.2 Å². The second-order valence-corrected chi connectivity index (χ2v) is 5.08. The number of rotatable bonds is 5. The smallest absolute Gasteiger partial charge is 0.323 e. The molecule has 1 fully saturated rings. The van der Waals surface area contributed by atoms with Crippen LogP contribution in [0.1, 0.15) is 51.2 Å². The molecule has 1 aromatic heterocycles. The molecule has 6 heteroatoms. The molecule has 0 N–H and O–H groups in total. The molecule has 1 aliphatic heterocycles. The van der Waals surface area contributed by atoms with Crippen LogP contribution in [0.2, 0.25) is 0 Å². The van der Waals surface area contributed by atoms with E-state index in [2.05, 4.69) is 15.0 Å². The van der Waals surface area contributed by atoms with Crippen LogP contribution >= 0.6 is 0 Å². The van der Waals surface area contributed by atoms with E-state index in [0.717, 1.165) is 19.4 Å². The molecule has 1 saturated heterocycles. The van der Waals surface area contributed by atoms with Gasteiger partial charge in [0.25, 0.3) is 0 Å². The Bertz CT molecular complexity index is 431. The second-order valence-electron chi connectivity index (χ2n) is 5.08. The maximum atomic E-state index is 11.8. The van der Waals surface area contributed by atoms with Crippen LogP contribution in [0.25, 0.3) is 0 Å². The van der Waals surface area contributed by atoms with Crippen LogP contribution in [-0.2, 0) is 16.1 Å². The molecule has 0 spiro atoms. The van der Waals surface area contributed by atoms with Crippen LogP contribution in [0.4, 0.5) is 0 Å². The van der Waals surface area contributed by atoms with Crippen molar-refractivity contribution in [2.45, 2.75) is 52.1 Å². The SMILES string of the molecule is CCOC(=O)C1CCCN1Cc1noc(C(C)C)n1. The number of hydrogen-bond donors (Lipinski definition) is 0. The largest absolute Gasteiger partial charge is 0.465 e. The molecule has 0 amide bonds. The average Bonchev–Trinajstić information content (AvgIpc) is 2.99. The standard InChI is InChI=1S/C13H21N3O3/c1-4-18-13(17)10-6-5-7-16(10)8-11-14-12(9(2)3)19-15-11/h9-10H,4-8H2,1-3H3. The van der Waals surface area contributed by atoms with Gasteiger partial charge in [-0.2, -0.15) is 4.98 Å². The van der Waals surface area contributed by atoms with Gasteiger partial charge in [-0.05, 0) is 26.3 Å². The van der Waals surface area contributed by atoms with E-state index < -0.39 is 0 Å². The number of likely N-dealkylation sites (tertiary alicyclic amines) is 1. The first kappa shape index (κ1) is 14.0. The summed E-state index contributed by atoms with van der Waals surface area (Å²) in [5.41, 5.74) is 0. The summed E-state index contributed by atoms with van der Waals surface area (Å²) in [6.07, 6.45) is 1.84. The molecule has 2 rings (SSSR count). The van der Waals surface area contributed by atoms with Crippen molar-refractivity contribution in [1.29, 1.82) is 0 Å². The molecule has 1 unspecified atom stereocenters. The monoisotopic (exact) mass is 267 g/mol. The second kappa shape index (κ2) is 6.14. The summed E-state index contributed by atoms with van der Waals surface area (Å²) < 4.78 is 10.3.